The Hall–Kier alpha value is -2.73. The molecule has 3 heterocycles. The highest BCUT2D eigenvalue weighted by Gasteiger charge is 2.34. The molecule has 1 fully saturated rings. The van der Waals surface area contributed by atoms with Gasteiger partial charge in [0.05, 0.1) is 23.8 Å². The van der Waals surface area contributed by atoms with Crippen LogP contribution in [0.4, 0.5) is 0 Å². The minimum absolute atomic E-state index is 0.354. The number of rotatable bonds is 4. The molecule has 5 rings (SSSR count). The first kappa shape index (κ1) is 16.4. The second-order valence-corrected chi connectivity index (χ2v) is 7.44. The molecule has 27 heavy (non-hydrogen) atoms. The molecule has 1 aliphatic rings. The average Bonchev–Trinajstić information content (AvgIpc) is 3.02. The quantitative estimate of drug-likeness (QED) is 0.530. The number of hydrogen-bond donors (Lipinski definition) is 0. The second kappa shape index (κ2) is 6.46. The lowest BCUT2D eigenvalue weighted by Crippen LogP contribution is -2.29. The van der Waals surface area contributed by atoms with E-state index in [-0.39, 0.29) is 0 Å². The van der Waals surface area contributed by atoms with E-state index < -0.39 is 0 Å². The smallest absolute Gasteiger partial charge is 0.298 e. The average molecular weight is 380 g/mol. The summed E-state index contributed by atoms with van der Waals surface area (Å²) in [6.45, 7) is 0. The molecule has 3 aromatic heterocycles. The predicted molar refractivity (Wildman–Crippen MR) is 104 cm³/mol. The van der Waals surface area contributed by atoms with Gasteiger partial charge in [0.25, 0.3) is 6.01 Å². The first-order valence-electron chi connectivity index (χ1n) is 8.99. The van der Waals surface area contributed by atoms with Gasteiger partial charge < -0.3 is 4.74 Å². The Labute approximate surface area is 161 Å². The molecule has 0 radical (unpaired) electrons. The van der Waals surface area contributed by atoms with Gasteiger partial charge in [0.15, 0.2) is 5.65 Å². The van der Waals surface area contributed by atoms with E-state index in [0.29, 0.717) is 23.0 Å². The first-order valence-corrected chi connectivity index (χ1v) is 9.37. The van der Waals surface area contributed by atoms with Crippen LogP contribution < -0.4 is 4.74 Å². The Balaban J connectivity index is 1.34. The molecule has 0 spiro atoms. The van der Waals surface area contributed by atoms with Gasteiger partial charge in [-0.15, -0.1) is 0 Å². The molecule has 4 aromatic rings. The van der Waals surface area contributed by atoms with Crippen molar-refractivity contribution in [2.24, 2.45) is 5.92 Å². The van der Waals surface area contributed by atoms with Crippen LogP contribution in [0.25, 0.3) is 22.2 Å². The molecule has 136 valence electrons. The largest absolute Gasteiger partial charge is 0.468 e. The van der Waals surface area contributed by atoms with Crippen molar-refractivity contribution in [1.82, 2.24) is 24.5 Å². The van der Waals surface area contributed by atoms with Gasteiger partial charge in [-0.1, -0.05) is 11.6 Å². The van der Waals surface area contributed by atoms with Crippen LogP contribution >= 0.6 is 11.6 Å². The summed E-state index contributed by atoms with van der Waals surface area (Å²) < 4.78 is 7.60. The van der Waals surface area contributed by atoms with Crippen molar-refractivity contribution in [2.45, 2.75) is 25.3 Å². The molecular formula is C20H18ClN5O. The number of benzene rings is 1. The van der Waals surface area contributed by atoms with E-state index in [1.807, 2.05) is 36.5 Å². The number of imidazole rings is 1. The van der Waals surface area contributed by atoms with Crippen LogP contribution in [0.5, 0.6) is 6.01 Å². The number of fused-ring (bicyclic) bond motifs is 2. The molecule has 1 saturated carbocycles. The van der Waals surface area contributed by atoms with Gasteiger partial charge >= 0.3 is 0 Å². The van der Waals surface area contributed by atoms with Crippen LogP contribution in [0.2, 0.25) is 5.02 Å². The van der Waals surface area contributed by atoms with Crippen LogP contribution in [0.3, 0.4) is 0 Å². The molecule has 1 aliphatic carbocycles. The summed E-state index contributed by atoms with van der Waals surface area (Å²) in [6, 6.07) is 10.5. The van der Waals surface area contributed by atoms with Crippen LogP contribution in [0.1, 0.15) is 24.6 Å². The van der Waals surface area contributed by atoms with Gasteiger partial charge in [0, 0.05) is 23.5 Å². The fraction of sp³-hybridized carbons (Fsp3) is 0.300. The molecule has 0 N–H and O–H groups in total. The van der Waals surface area contributed by atoms with Gasteiger partial charge in [-0.3, -0.25) is 9.55 Å². The second-order valence-electron chi connectivity index (χ2n) is 7.00. The summed E-state index contributed by atoms with van der Waals surface area (Å²) in [7, 11) is 1.66. The lowest BCUT2D eigenvalue weighted by Gasteiger charge is -2.36. The van der Waals surface area contributed by atoms with Gasteiger partial charge in [0.1, 0.15) is 5.52 Å². The number of pyridine rings is 1. The molecule has 0 saturated heterocycles. The topological polar surface area (TPSA) is 65.7 Å². The molecule has 0 unspecified atom stereocenters. The van der Waals surface area contributed by atoms with Crippen molar-refractivity contribution < 1.29 is 4.74 Å². The summed E-state index contributed by atoms with van der Waals surface area (Å²) in [6.07, 6.45) is 6.68. The molecule has 0 bridgehead atoms. The normalized spacial score (nSPS) is 19.3. The Bertz CT molecular complexity index is 1140. The summed E-state index contributed by atoms with van der Waals surface area (Å²) in [5.74, 6) is 0.562. The minimum atomic E-state index is 0.354. The number of nitrogens with zero attached hydrogens (tertiary/aromatic N) is 5. The lowest BCUT2D eigenvalue weighted by molar-refractivity contribution is 0.183. The maximum absolute atomic E-state index is 6.07. The highest BCUT2D eigenvalue weighted by molar-refractivity contribution is 6.31. The molecule has 6 nitrogen and oxygen atoms in total. The number of ether oxygens (including phenoxy) is 1. The van der Waals surface area contributed by atoms with Crippen molar-refractivity contribution in [3.63, 3.8) is 0 Å². The monoisotopic (exact) mass is 379 g/mol. The number of halogens is 1. The highest BCUT2D eigenvalue weighted by atomic mass is 35.5. The highest BCUT2D eigenvalue weighted by Crippen LogP contribution is 2.43. The summed E-state index contributed by atoms with van der Waals surface area (Å²) in [5.41, 5.74) is 4.49. The van der Waals surface area contributed by atoms with Crippen molar-refractivity contribution in [1.29, 1.82) is 0 Å². The fourth-order valence-corrected chi connectivity index (χ4v) is 4.04. The van der Waals surface area contributed by atoms with Crippen molar-refractivity contribution in [3.8, 4) is 6.01 Å². The maximum Gasteiger partial charge on any atom is 0.298 e. The zero-order valence-corrected chi connectivity index (χ0v) is 15.6. The van der Waals surface area contributed by atoms with E-state index in [2.05, 4.69) is 19.5 Å². The van der Waals surface area contributed by atoms with Crippen LogP contribution in [0.15, 0.2) is 42.7 Å². The van der Waals surface area contributed by atoms with Crippen LogP contribution in [-0.4, -0.2) is 31.6 Å². The number of hydrogen-bond acceptors (Lipinski definition) is 5. The van der Waals surface area contributed by atoms with E-state index in [1.165, 1.54) is 0 Å². The van der Waals surface area contributed by atoms with Crippen molar-refractivity contribution in [2.75, 3.05) is 7.11 Å². The number of methoxy groups -OCH3 is 1. The van der Waals surface area contributed by atoms with Gasteiger partial charge in [0.2, 0.25) is 0 Å². The van der Waals surface area contributed by atoms with E-state index >= 15 is 0 Å². The lowest BCUT2D eigenvalue weighted by atomic mass is 9.77. The number of aromatic nitrogens is 5. The molecule has 0 amide bonds. The maximum atomic E-state index is 6.07. The fourth-order valence-electron chi connectivity index (χ4n) is 3.88. The van der Waals surface area contributed by atoms with Crippen molar-refractivity contribution >= 4 is 33.8 Å². The third kappa shape index (κ3) is 2.90. The summed E-state index contributed by atoms with van der Waals surface area (Å²) in [4.78, 5) is 18.2. The van der Waals surface area contributed by atoms with E-state index in [9.17, 15) is 0 Å². The van der Waals surface area contributed by atoms with Gasteiger partial charge in [-0.2, -0.15) is 4.98 Å². The summed E-state index contributed by atoms with van der Waals surface area (Å²) >= 11 is 6.07. The third-order valence-corrected chi connectivity index (χ3v) is 5.46. The van der Waals surface area contributed by atoms with E-state index in [4.69, 9.17) is 21.3 Å². The molecule has 1 aromatic carbocycles. The van der Waals surface area contributed by atoms with Crippen LogP contribution in [0, 0.1) is 5.92 Å². The molecule has 7 heteroatoms. The first-order chi connectivity index (χ1) is 13.2. The molecule has 0 atom stereocenters. The third-order valence-electron chi connectivity index (χ3n) is 5.23. The Morgan fingerprint density at radius 2 is 2.00 bits per heavy atom. The van der Waals surface area contributed by atoms with Gasteiger partial charge in [-0.05, 0) is 55.5 Å². The van der Waals surface area contributed by atoms with Crippen molar-refractivity contribution in [3.05, 3.63) is 53.4 Å². The Morgan fingerprint density at radius 3 is 2.85 bits per heavy atom. The SMILES string of the molecule is COc1nc2cccnc2n1C1CC(Cc2cnc3ccc(Cl)cc3n2)C1. The van der Waals surface area contributed by atoms with E-state index in [1.54, 1.807) is 13.3 Å². The Kier molecular flexibility index (Phi) is 3.93. The molecule has 0 aliphatic heterocycles. The van der Waals surface area contributed by atoms with Gasteiger partial charge in [-0.25, -0.2) is 9.97 Å². The van der Waals surface area contributed by atoms with Crippen LogP contribution in [-0.2, 0) is 6.42 Å². The molecular weight excluding hydrogens is 362 g/mol. The Morgan fingerprint density at radius 1 is 1.11 bits per heavy atom. The predicted octanol–water partition coefficient (Wildman–Crippen LogP) is 4.23. The summed E-state index contributed by atoms with van der Waals surface area (Å²) in [5, 5.41) is 0.684. The van der Waals surface area contributed by atoms with E-state index in [0.717, 1.165) is 47.2 Å². The standard InChI is InChI=1S/C20H18ClN5O/c1-27-20-25-17-3-2-6-22-19(17)26(20)15-8-12(9-15)7-14-11-23-16-5-4-13(21)10-18(16)24-14/h2-6,10-12,15H,7-9H2,1H3. The zero-order valence-electron chi connectivity index (χ0n) is 14.8. The minimum Gasteiger partial charge on any atom is -0.468 e. The zero-order chi connectivity index (χ0) is 18.4.